The number of aryl methyl sites for hydroxylation is 2. The minimum absolute atomic E-state index is 0.0677. The van der Waals surface area contributed by atoms with Crippen LogP contribution in [-0.2, 0) is 6.54 Å². The summed E-state index contributed by atoms with van der Waals surface area (Å²) in [5, 5.41) is 10.4. The summed E-state index contributed by atoms with van der Waals surface area (Å²) < 4.78 is 1.91. The lowest BCUT2D eigenvalue weighted by molar-refractivity contribution is 0.0963. The Morgan fingerprint density at radius 2 is 2.19 bits per heavy atom. The van der Waals surface area contributed by atoms with Crippen LogP contribution in [0.1, 0.15) is 41.4 Å². The molecule has 5 nitrogen and oxygen atoms in total. The van der Waals surface area contributed by atoms with Crippen molar-refractivity contribution in [1.82, 2.24) is 15.1 Å². The Morgan fingerprint density at radius 3 is 2.76 bits per heavy atom. The second-order valence-corrected chi connectivity index (χ2v) is 5.10. The van der Waals surface area contributed by atoms with E-state index < -0.39 is 0 Å². The van der Waals surface area contributed by atoms with Gasteiger partial charge in [0.1, 0.15) is 0 Å². The van der Waals surface area contributed by atoms with Crippen molar-refractivity contribution in [2.75, 3.05) is 12.4 Å². The largest absolute Gasteiger partial charge is 0.378 e. The summed E-state index contributed by atoms with van der Waals surface area (Å²) in [5.74, 6) is -0.0677. The third kappa shape index (κ3) is 3.42. The zero-order chi connectivity index (χ0) is 15.4. The fourth-order valence-corrected chi connectivity index (χ4v) is 2.20. The van der Waals surface area contributed by atoms with Gasteiger partial charge in [0.25, 0.3) is 5.91 Å². The maximum absolute atomic E-state index is 11.6. The minimum atomic E-state index is -0.0677. The smallest absolute Gasteiger partial charge is 0.251 e. The number of rotatable bonds is 5. The molecule has 0 bridgehead atoms. The van der Waals surface area contributed by atoms with Gasteiger partial charge in [0, 0.05) is 36.6 Å². The first-order valence-corrected chi connectivity index (χ1v) is 7.16. The number of hydrogen-bond acceptors (Lipinski definition) is 3. The molecule has 0 saturated carbocycles. The monoisotopic (exact) mass is 286 g/mol. The molecule has 0 radical (unpaired) electrons. The number of carbonyl (C=O) groups is 1. The molecule has 0 fully saturated rings. The highest BCUT2D eigenvalue weighted by Gasteiger charge is 2.11. The van der Waals surface area contributed by atoms with E-state index in [0.717, 1.165) is 23.4 Å². The third-order valence-electron chi connectivity index (χ3n) is 3.56. The van der Waals surface area contributed by atoms with Crippen LogP contribution in [0.2, 0.25) is 0 Å². The summed E-state index contributed by atoms with van der Waals surface area (Å²) in [4.78, 5) is 11.6. The Morgan fingerprint density at radius 1 is 1.43 bits per heavy atom. The molecular weight excluding hydrogens is 264 g/mol. The van der Waals surface area contributed by atoms with Gasteiger partial charge in [-0.25, -0.2) is 0 Å². The van der Waals surface area contributed by atoms with Crippen LogP contribution in [0.15, 0.2) is 30.6 Å². The van der Waals surface area contributed by atoms with Gasteiger partial charge in [-0.1, -0.05) is 0 Å². The first-order chi connectivity index (χ1) is 10.0. The van der Waals surface area contributed by atoms with E-state index in [4.69, 9.17) is 0 Å². The van der Waals surface area contributed by atoms with Crippen molar-refractivity contribution in [2.24, 2.45) is 0 Å². The number of amides is 1. The van der Waals surface area contributed by atoms with Gasteiger partial charge < -0.3 is 10.6 Å². The quantitative estimate of drug-likeness (QED) is 0.888. The summed E-state index contributed by atoms with van der Waals surface area (Å²) in [6.07, 6.45) is 3.93. The Balaban J connectivity index is 2.13. The molecule has 1 aromatic heterocycles. The van der Waals surface area contributed by atoms with Gasteiger partial charge in [-0.3, -0.25) is 9.48 Å². The second kappa shape index (κ2) is 6.43. The lowest BCUT2D eigenvalue weighted by Gasteiger charge is -2.16. The Bertz CT molecular complexity index is 633. The molecule has 1 amide bonds. The number of carbonyl (C=O) groups excluding carboxylic acids is 1. The molecule has 0 aliphatic rings. The third-order valence-corrected chi connectivity index (χ3v) is 3.56. The van der Waals surface area contributed by atoms with E-state index in [1.165, 1.54) is 0 Å². The molecule has 112 valence electrons. The minimum Gasteiger partial charge on any atom is -0.378 e. The standard InChI is InChI=1S/C16H22N4O/c1-5-20-10-14(9-18-20)12(3)19-15-7-6-13(8-11(15)2)16(21)17-4/h6-10,12,19H,5H2,1-4H3,(H,17,21). The Kier molecular flexibility index (Phi) is 4.62. The van der Waals surface area contributed by atoms with Gasteiger partial charge in [-0.15, -0.1) is 0 Å². The molecule has 0 saturated heterocycles. The van der Waals surface area contributed by atoms with Gasteiger partial charge in [0.15, 0.2) is 0 Å². The summed E-state index contributed by atoms with van der Waals surface area (Å²) in [5.41, 5.74) is 3.89. The van der Waals surface area contributed by atoms with Crippen molar-refractivity contribution in [1.29, 1.82) is 0 Å². The van der Waals surface area contributed by atoms with E-state index >= 15 is 0 Å². The van der Waals surface area contributed by atoms with Crippen molar-refractivity contribution in [3.8, 4) is 0 Å². The number of nitrogens with zero attached hydrogens (tertiary/aromatic N) is 2. The molecule has 0 aliphatic carbocycles. The highest BCUT2D eigenvalue weighted by Crippen LogP contribution is 2.22. The molecule has 5 heteroatoms. The van der Waals surface area contributed by atoms with Gasteiger partial charge >= 0.3 is 0 Å². The van der Waals surface area contributed by atoms with Crippen molar-refractivity contribution >= 4 is 11.6 Å². The zero-order valence-corrected chi connectivity index (χ0v) is 13.0. The number of anilines is 1. The van der Waals surface area contributed by atoms with E-state index in [1.54, 1.807) is 7.05 Å². The van der Waals surface area contributed by atoms with Gasteiger partial charge in [-0.2, -0.15) is 5.10 Å². The van der Waals surface area contributed by atoms with Crippen molar-refractivity contribution in [3.05, 3.63) is 47.3 Å². The van der Waals surface area contributed by atoms with Crippen LogP contribution in [0.3, 0.4) is 0 Å². The average molecular weight is 286 g/mol. The number of aromatic nitrogens is 2. The summed E-state index contributed by atoms with van der Waals surface area (Å²) in [6.45, 7) is 7.03. The van der Waals surface area contributed by atoms with Crippen molar-refractivity contribution in [2.45, 2.75) is 33.4 Å². The maximum atomic E-state index is 11.6. The normalized spacial score (nSPS) is 12.0. The molecule has 0 aliphatic heterocycles. The topological polar surface area (TPSA) is 59.0 Å². The van der Waals surface area contributed by atoms with E-state index in [9.17, 15) is 4.79 Å². The predicted molar refractivity (Wildman–Crippen MR) is 84.5 cm³/mol. The van der Waals surface area contributed by atoms with E-state index in [0.29, 0.717) is 5.56 Å². The summed E-state index contributed by atoms with van der Waals surface area (Å²) in [7, 11) is 1.64. The van der Waals surface area contributed by atoms with Crippen LogP contribution >= 0.6 is 0 Å². The van der Waals surface area contributed by atoms with Crippen LogP contribution in [-0.4, -0.2) is 22.7 Å². The van der Waals surface area contributed by atoms with E-state index in [1.807, 2.05) is 42.2 Å². The molecule has 1 unspecified atom stereocenters. The second-order valence-electron chi connectivity index (χ2n) is 5.10. The maximum Gasteiger partial charge on any atom is 0.251 e. The van der Waals surface area contributed by atoms with Gasteiger partial charge in [-0.05, 0) is 44.5 Å². The lowest BCUT2D eigenvalue weighted by Crippen LogP contribution is -2.18. The van der Waals surface area contributed by atoms with Crippen LogP contribution < -0.4 is 10.6 Å². The molecule has 2 rings (SSSR count). The highest BCUT2D eigenvalue weighted by molar-refractivity contribution is 5.94. The molecule has 2 aromatic rings. The molecule has 2 N–H and O–H groups in total. The first-order valence-electron chi connectivity index (χ1n) is 7.16. The Labute approximate surface area is 125 Å². The fourth-order valence-electron chi connectivity index (χ4n) is 2.20. The zero-order valence-electron chi connectivity index (χ0n) is 13.0. The summed E-state index contributed by atoms with van der Waals surface area (Å²) >= 11 is 0. The fraction of sp³-hybridized carbons (Fsp3) is 0.375. The van der Waals surface area contributed by atoms with Crippen LogP contribution in [0.5, 0.6) is 0 Å². The first kappa shape index (κ1) is 15.1. The molecule has 1 atom stereocenters. The predicted octanol–water partition coefficient (Wildman–Crippen LogP) is 2.74. The van der Waals surface area contributed by atoms with Crippen LogP contribution in [0, 0.1) is 6.92 Å². The van der Waals surface area contributed by atoms with Gasteiger partial charge in [0.05, 0.1) is 12.2 Å². The van der Waals surface area contributed by atoms with Crippen LogP contribution in [0.25, 0.3) is 0 Å². The lowest BCUT2D eigenvalue weighted by atomic mass is 10.1. The van der Waals surface area contributed by atoms with E-state index in [-0.39, 0.29) is 11.9 Å². The SMILES string of the molecule is CCn1cc(C(C)Nc2ccc(C(=O)NC)cc2C)cn1. The molecule has 1 aromatic carbocycles. The average Bonchev–Trinajstić information content (AvgIpc) is 2.97. The van der Waals surface area contributed by atoms with Gasteiger partial charge in [0.2, 0.25) is 0 Å². The summed E-state index contributed by atoms with van der Waals surface area (Å²) in [6, 6.07) is 5.83. The number of nitrogens with one attached hydrogen (secondary N) is 2. The molecule has 0 spiro atoms. The van der Waals surface area contributed by atoms with Crippen molar-refractivity contribution < 1.29 is 4.79 Å². The number of benzene rings is 1. The number of hydrogen-bond donors (Lipinski definition) is 2. The highest BCUT2D eigenvalue weighted by atomic mass is 16.1. The van der Waals surface area contributed by atoms with E-state index in [2.05, 4.69) is 29.6 Å². The molecular formula is C16H22N4O. The Hall–Kier alpha value is -2.30. The molecule has 1 heterocycles. The molecule has 21 heavy (non-hydrogen) atoms. The van der Waals surface area contributed by atoms with Crippen LogP contribution in [0.4, 0.5) is 5.69 Å². The van der Waals surface area contributed by atoms with Crippen molar-refractivity contribution in [3.63, 3.8) is 0 Å².